The Kier molecular flexibility index (Phi) is 4.70. The smallest absolute Gasteiger partial charge is 0.305 e. The summed E-state index contributed by atoms with van der Waals surface area (Å²) in [6.45, 7) is 2.23. The molecule has 0 atom stereocenters. The molecule has 2 fully saturated rings. The maximum Gasteiger partial charge on any atom is 0.446 e. The van der Waals surface area contributed by atoms with Crippen LogP contribution in [0.5, 0.6) is 0 Å². The molecule has 1 saturated heterocycles. The molecular formula is C23H18F3N3O2S. The van der Waals surface area contributed by atoms with E-state index in [1.807, 2.05) is 31.2 Å². The Morgan fingerprint density at radius 2 is 1.78 bits per heavy atom. The minimum absolute atomic E-state index is 0.00272. The average molecular weight is 457 g/mol. The van der Waals surface area contributed by atoms with Crippen molar-refractivity contribution < 1.29 is 22.8 Å². The third-order valence-electron chi connectivity index (χ3n) is 5.98. The van der Waals surface area contributed by atoms with Crippen LogP contribution in [0.3, 0.4) is 0 Å². The average Bonchev–Trinajstić information content (AvgIpc) is 3.51. The number of anilines is 1. The van der Waals surface area contributed by atoms with Crippen molar-refractivity contribution in [1.29, 1.82) is 0 Å². The molecule has 5 rings (SSSR count). The van der Waals surface area contributed by atoms with Gasteiger partial charge in [0.25, 0.3) is 5.91 Å². The van der Waals surface area contributed by atoms with Crippen molar-refractivity contribution >= 4 is 40.3 Å². The lowest BCUT2D eigenvalue weighted by Crippen LogP contribution is -2.36. The first-order valence-corrected chi connectivity index (χ1v) is 10.9. The number of carbonyl (C=O) groups excluding carboxylic acids is 2. The van der Waals surface area contributed by atoms with Crippen LogP contribution in [0.15, 0.2) is 59.6 Å². The van der Waals surface area contributed by atoms with Crippen LogP contribution in [0, 0.1) is 6.92 Å². The Morgan fingerprint density at radius 3 is 2.44 bits per heavy atom. The molecular weight excluding hydrogens is 439 g/mol. The van der Waals surface area contributed by atoms with Crippen molar-refractivity contribution in [3.8, 4) is 0 Å². The maximum absolute atomic E-state index is 13.3. The lowest BCUT2D eigenvalue weighted by Gasteiger charge is -2.22. The minimum Gasteiger partial charge on any atom is -0.305 e. The Morgan fingerprint density at radius 1 is 1.06 bits per heavy atom. The van der Waals surface area contributed by atoms with Gasteiger partial charge in [0.15, 0.2) is 0 Å². The summed E-state index contributed by atoms with van der Waals surface area (Å²) < 4.78 is 37.8. The van der Waals surface area contributed by atoms with Crippen molar-refractivity contribution in [2.75, 3.05) is 4.90 Å². The zero-order chi connectivity index (χ0) is 22.7. The number of thioether (sulfide) groups is 1. The quantitative estimate of drug-likeness (QED) is 0.375. The monoisotopic (exact) mass is 457 g/mol. The molecule has 0 bridgehead atoms. The predicted molar refractivity (Wildman–Crippen MR) is 115 cm³/mol. The number of nitrogens with zero attached hydrogens (tertiary/aromatic N) is 3. The van der Waals surface area contributed by atoms with Crippen molar-refractivity contribution in [2.45, 2.75) is 42.3 Å². The summed E-state index contributed by atoms with van der Waals surface area (Å²) in [5.41, 5.74) is -2.26. The highest BCUT2D eigenvalue weighted by atomic mass is 32.2. The zero-order valence-electron chi connectivity index (χ0n) is 17.0. The third-order valence-corrected chi connectivity index (χ3v) is 6.72. The summed E-state index contributed by atoms with van der Waals surface area (Å²) in [4.78, 5) is 33.6. The van der Waals surface area contributed by atoms with Gasteiger partial charge in [0.05, 0.1) is 11.2 Å². The number of urea groups is 1. The van der Waals surface area contributed by atoms with Gasteiger partial charge >= 0.3 is 11.5 Å². The summed E-state index contributed by atoms with van der Waals surface area (Å²) in [6, 6.07) is 12.5. The first-order valence-electron chi connectivity index (χ1n) is 10.0. The number of hydrogen-bond donors (Lipinski definition) is 0. The van der Waals surface area contributed by atoms with Gasteiger partial charge in [0.2, 0.25) is 0 Å². The molecule has 1 spiro atoms. The molecule has 32 heavy (non-hydrogen) atoms. The highest BCUT2D eigenvalue weighted by molar-refractivity contribution is 8.00. The number of fused-ring (bicyclic) bond motifs is 1. The largest absolute Gasteiger partial charge is 0.446 e. The van der Waals surface area contributed by atoms with Gasteiger partial charge in [-0.05, 0) is 79.1 Å². The molecule has 1 aliphatic heterocycles. The van der Waals surface area contributed by atoms with Crippen LogP contribution in [0.4, 0.5) is 23.7 Å². The van der Waals surface area contributed by atoms with Crippen LogP contribution in [0.25, 0.3) is 10.9 Å². The van der Waals surface area contributed by atoms with E-state index in [2.05, 4.69) is 4.98 Å². The highest BCUT2D eigenvalue weighted by Crippen LogP contribution is 2.50. The molecule has 5 nitrogen and oxygen atoms in total. The molecule has 3 aromatic rings. The fourth-order valence-electron chi connectivity index (χ4n) is 4.33. The molecule has 0 radical (unpaired) electrons. The zero-order valence-corrected chi connectivity index (χ0v) is 17.8. The van der Waals surface area contributed by atoms with Crippen molar-refractivity contribution in [2.24, 2.45) is 0 Å². The number of aryl methyl sites for hydroxylation is 1. The van der Waals surface area contributed by atoms with Gasteiger partial charge in [-0.2, -0.15) is 13.2 Å². The van der Waals surface area contributed by atoms with Gasteiger partial charge in [-0.15, -0.1) is 0 Å². The van der Waals surface area contributed by atoms with Gasteiger partial charge in [0.1, 0.15) is 5.54 Å². The van der Waals surface area contributed by atoms with E-state index < -0.39 is 17.1 Å². The molecule has 164 valence electrons. The highest BCUT2D eigenvalue weighted by Gasteiger charge is 2.65. The lowest BCUT2D eigenvalue weighted by molar-refractivity contribution is -0.120. The number of carbonyl (C=O) groups is 2. The van der Waals surface area contributed by atoms with Gasteiger partial charge in [-0.1, -0.05) is 12.1 Å². The van der Waals surface area contributed by atoms with Crippen molar-refractivity contribution in [1.82, 2.24) is 9.88 Å². The fraction of sp³-hybridized carbons (Fsp3) is 0.261. The number of amides is 3. The number of hydrogen-bond acceptors (Lipinski definition) is 4. The molecule has 9 heteroatoms. The summed E-state index contributed by atoms with van der Waals surface area (Å²) in [5, 5.41) is 0.957. The summed E-state index contributed by atoms with van der Waals surface area (Å²) >= 11 is -0.234. The maximum atomic E-state index is 13.3. The number of benzene rings is 2. The standard InChI is InChI=1S/C23H18F3N3O2S/c1-14-3-2-4-18-19(14)15(9-12-27-18)13-28-21(31)29(20(30)22(28)10-11-22)16-5-7-17(8-6-16)32-23(24,25)26/h2-9,12H,10-11,13H2,1H3. The molecule has 1 saturated carbocycles. The van der Waals surface area contributed by atoms with Crippen molar-refractivity contribution in [3.63, 3.8) is 0 Å². The number of rotatable bonds is 4. The molecule has 3 amide bonds. The first kappa shape index (κ1) is 20.8. The third kappa shape index (κ3) is 3.40. The normalized spacial score (nSPS) is 17.6. The van der Waals surface area contributed by atoms with Crippen LogP contribution in [-0.2, 0) is 11.3 Å². The predicted octanol–water partition coefficient (Wildman–Crippen LogP) is 5.66. The topological polar surface area (TPSA) is 53.5 Å². The Hall–Kier alpha value is -3.07. The Bertz CT molecular complexity index is 1230. The van der Waals surface area contributed by atoms with Crippen LogP contribution in [-0.4, -0.2) is 32.9 Å². The van der Waals surface area contributed by atoms with Crippen LogP contribution < -0.4 is 4.90 Å². The number of pyridine rings is 1. The van der Waals surface area contributed by atoms with Gasteiger partial charge in [-0.25, -0.2) is 9.69 Å². The van der Waals surface area contributed by atoms with Crippen LogP contribution in [0.1, 0.15) is 24.0 Å². The second-order valence-corrected chi connectivity index (χ2v) is 9.16. The van der Waals surface area contributed by atoms with Crippen LogP contribution >= 0.6 is 11.8 Å². The molecule has 2 aromatic carbocycles. The van der Waals surface area contributed by atoms with E-state index >= 15 is 0 Å². The first-order chi connectivity index (χ1) is 15.2. The van der Waals surface area contributed by atoms with E-state index in [0.717, 1.165) is 26.9 Å². The van der Waals surface area contributed by atoms with E-state index in [9.17, 15) is 22.8 Å². The number of halogens is 3. The minimum atomic E-state index is -4.40. The Balaban J connectivity index is 1.47. The summed E-state index contributed by atoms with van der Waals surface area (Å²) in [6.07, 6.45) is 2.82. The molecule has 0 unspecified atom stereocenters. The Labute approximate surface area is 186 Å². The number of imide groups is 1. The fourth-order valence-corrected chi connectivity index (χ4v) is 4.87. The van der Waals surface area contributed by atoms with Gasteiger partial charge < -0.3 is 4.90 Å². The molecule has 2 heterocycles. The summed E-state index contributed by atoms with van der Waals surface area (Å²) in [5.74, 6) is -0.325. The van der Waals surface area contributed by atoms with Crippen LogP contribution in [0.2, 0.25) is 0 Å². The van der Waals surface area contributed by atoms with E-state index in [4.69, 9.17) is 0 Å². The second-order valence-electron chi connectivity index (χ2n) is 8.02. The van der Waals surface area contributed by atoms with E-state index in [1.165, 1.54) is 24.3 Å². The number of alkyl halides is 3. The molecule has 1 aliphatic carbocycles. The van der Waals surface area contributed by atoms with E-state index in [-0.39, 0.29) is 34.8 Å². The van der Waals surface area contributed by atoms with Gasteiger partial charge in [-0.3, -0.25) is 9.78 Å². The molecule has 2 aliphatic rings. The lowest BCUT2D eigenvalue weighted by atomic mass is 10.0. The molecule has 1 aromatic heterocycles. The second kappa shape index (κ2) is 7.23. The van der Waals surface area contributed by atoms with E-state index in [0.29, 0.717) is 12.8 Å². The van der Waals surface area contributed by atoms with Crippen molar-refractivity contribution in [3.05, 3.63) is 65.9 Å². The summed E-state index contributed by atoms with van der Waals surface area (Å²) in [7, 11) is 0. The molecule has 0 N–H and O–H groups in total. The van der Waals surface area contributed by atoms with Gasteiger partial charge in [0, 0.05) is 23.0 Å². The van der Waals surface area contributed by atoms with E-state index in [1.54, 1.807) is 11.1 Å². The SMILES string of the molecule is Cc1cccc2nccc(CN3C(=O)N(c4ccc(SC(F)(F)F)cc4)C(=O)C34CC4)c12. The number of aromatic nitrogens is 1.